The second kappa shape index (κ2) is 3.15. The highest BCUT2D eigenvalue weighted by Crippen LogP contribution is 2.15. The van der Waals surface area contributed by atoms with E-state index in [4.69, 9.17) is 0 Å². The van der Waals surface area contributed by atoms with Gasteiger partial charge in [0.05, 0.1) is 13.6 Å². The summed E-state index contributed by atoms with van der Waals surface area (Å²) in [5.41, 5.74) is 0. The van der Waals surface area contributed by atoms with E-state index in [9.17, 15) is 9.59 Å². The van der Waals surface area contributed by atoms with Crippen molar-refractivity contribution in [2.45, 2.75) is 13.0 Å². The third-order valence-corrected chi connectivity index (χ3v) is 2.72. The van der Waals surface area contributed by atoms with Crippen molar-refractivity contribution in [3.8, 4) is 0 Å². The molecular weight excluding hydrogens is 196 g/mol. The van der Waals surface area contributed by atoms with Gasteiger partial charge in [-0.2, -0.15) is 0 Å². The molecule has 6 heteroatoms. The maximum atomic E-state index is 11.7. The summed E-state index contributed by atoms with van der Waals surface area (Å²) in [6.45, 7) is 2.65. The van der Waals surface area contributed by atoms with Crippen LogP contribution in [0.2, 0.25) is 0 Å². The molecule has 2 aliphatic heterocycles. The van der Waals surface area contributed by atoms with Crippen LogP contribution in [-0.4, -0.2) is 65.2 Å². The maximum absolute atomic E-state index is 11.7. The number of imide groups is 1. The van der Waals surface area contributed by atoms with Crippen molar-refractivity contribution in [1.82, 2.24) is 9.80 Å². The molecule has 15 heavy (non-hydrogen) atoms. The Bertz CT molecular complexity index is 399. The lowest BCUT2D eigenvalue weighted by atomic mass is 10.2. The summed E-state index contributed by atoms with van der Waals surface area (Å²) < 4.78 is 1.81. The van der Waals surface area contributed by atoms with E-state index in [1.54, 1.807) is 13.4 Å². The molecule has 6 nitrogen and oxygen atoms in total. The zero-order valence-corrected chi connectivity index (χ0v) is 8.97. The van der Waals surface area contributed by atoms with Crippen LogP contribution in [0.5, 0.6) is 0 Å². The van der Waals surface area contributed by atoms with E-state index < -0.39 is 6.04 Å². The van der Waals surface area contributed by atoms with Crippen molar-refractivity contribution in [1.29, 1.82) is 0 Å². The normalized spacial score (nSPS) is 25.4. The largest absolute Gasteiger partial charge is 0.388 e. The molecule has 1 atom stereocenters. The van der Waals surface area contributed by atoms with Crippen LogP contribution in [0.3, 0.4) is 0 Å². The van der Waals surface area contributed by atoms with E-state index in [0.717, 1.165) is 4.90 Å². The van der Waals surface area contributed by atoms with Crippen LogP contribution < -0.4 is 0 Å². The van der Waals surface area contributed by atoms with E-state index in [1.807, 2.05) is 11.5 Å². The van der Waals surface area contributed by atoms with E-state index in [0.29, 0.717) is 12.4 Å². The molecule has 2 rings (SSSR count). The number of rotatable bonds is 1. The number of likely N-dealkylation sites (N-methyl/N-ethyl adjacent to an activating group) is 2. The molecule has 2 heterocycles. The fourth-order valence-electron chi connectivity index (χ4n) is 1.82. The SMILES string of the molecule is CC[N+]1=C2C(N=C1)C(=O)N(C)C(=O)N2C. The van der Waals surface area contributed by atoms with E-state index >= 15 is 0 Å². The van der Waals surface area contributed by atoms with Crippen LogP contribution in [0.15, 0.2) is 4.99 Å². The Labute approximate surface area is 87.5 Å². The van der Waals surface area contributed by atoms with Gasteiger partial charge in [0.2, 0.25) is 6.34 Å². The van der Waals surface area contributed by atoms with Crippen molar-refractivity contribution < 1.29 is 14.2 Å². The first kappa shape index (κ1) is 9.82. The average Bonchev–Trinajstić information content (AvgIpc) is 2.67. The molecule has 1 unspecified atom stereocenters. The first-order valence-corrected chi connectivity index (χ1v) is 4.80. The highest BCUT2D eigenvalue weighted by atomic mass is 16.2. The number of nitrogens with zero attached hydrogens (tertiary/aromatic N) is 4. The lowest BCUT2D eigenvalue weighted by Gasteiger charge is -2.27. The van der Waals surface area contributed by atoms with Crippen molar-refractivity contribution in [3.05, 3.63) is 0 Å². The standard InChI is InChI=1S/C9H13N4O2/c1-4-13-5-10-6-7(13)11(2)9(15)12(3)8(6)14/h5-6H,4H2,1-3H3/q+1. The van der Waals surface area contributed by atoms with Gasteiger partial charge in [0, 0.05) is 7.05 Å². The summed E-state index contributed by atoms with van der Waals surface area (Å²) >= 11 is 0. The highest BCUT2D eigenvalue weighted by molar-refractivity contribution is 6.20. The number of aliphatic imine (C=N–C) groups is 1. The van der Waals surface area contributed by atoms with Crippen LogP contribution in [0.25, 0.3) is 0 Å². The number of fused-ring (bicyclic) bond motifs is 1. The van der Waals surface area contributed by atoms with Gasteiger partial charge in [-0.3, -0.25) is 9.69 Å². The molecule has 3 amide bonds. The molecule has 0 saturated carbocycles. The molecule has 0 bridgehead atoms. The third-order valence-electron chi connectivity index (χ3n) is 2.72. The van der Waals surface area contributed by atoms with E-state index in [-0.39, 0.29) is 11.9 Å². The first-order valence-electron chi connectivity index (χ1n) is 4.80. The minimum Gasteiger partial charge on any atom is -0.269 e. The molecule has 1 fully saturated rings. The fraction of sp³-hybridized carbons (Fsp3) is 0.556. The molecule has 0 aromatic carbocycles. The fourth-order valence-corrected chi connectivity index (χ4v) is 1.82. The first-order chi connectivity index (χ1) is 7.07. The minimum atomic E-state index is -0.544. The molecule has 0 spiro atoms. The molecule has 0 aromatic heterocycles. The van der Waals surface area contributed by atoms with Gasteiger partial charge in [-0.05, 0) is 6.92 Å². The van der Waals surface area contributed by atoms with Gasteiger partial charge in [-0.25, -0.2) is 14.3 Å². The minimum absolute atomic E-state index is 0.264. The topological polar surface area (TPSA) is 56.0 Å². The smallest absolute Gasteiger partial charge is 0.269 e. The molecule has 2 aliphatic rings. The molecule has 0 radical (unpaired) electrons. The van der Waals surface area contributed by atoms with E-state index in [1.165, 1.54) is 11.9 Å². The summed E-state index contributed by atoms with van der Waals surface area (Å²) in [4.78, 5) is 30.1. The summed E-state index contributed by atoms with van der Waals surface area (Å²) in [6, 6.07) is -0.854. The molecule has 0 N–H and O–H groups in total. The lowest BCUT2D eigenvalue weighted by Crippen LogP contribution is -2.59. The zero-order chi connectivity index (χ0) is 11.2. The van der Waals surface area contributed by atoms with Gasteiger partial charge < -0.3 is 0 Å². The quantitative estimate of drug-likeness (QED) is 0.539. The molecule has 1 saturated heterocycles. The molecular formula is C9H13N4O2+. The van der Waals surface area contributed by atoms with Crippen LogP contribution in [0.1, 0.15) is 6.92 Å². The van der Waals surface area contributed by atoms with Crippen molar-refractivity contribution in [2.75, 3.05) is 20.6 Å². The van der Waals surface area contributed by atoms with Crippen LogP contribution in [-0.2, 0) is 4.79 Å². The highest BCUT2D eigenvalue weighted by Gasteiger charge is 2.49. The van der Waals surface area contributed by atoms with Gasteiger partial charge in [-0.15, -0.1) is 4.99 Å². The van der Waals surface area contributed by atoms with Gasteiger partial charge in [0.15, 0.2) is 0 Å². The summed E-state index contributed by atoms with van der Waals surface area (Å²) in [5, 5.41) is 0. The van der Waals surface area contributed by atoms with Crippen molar-refractivity contribution in [3.63, 3.8) is 0 Å². The van der Waals surface area contributed by atoms with Crippen LogP contribution >= 0.6 is 0 Å². The maximum Gasteiger partial charge on any atom is 0.388 e. The number of amidine groups is 1. The average molecular weight is 209 g/mol. The predicted molar refractivity (Wildman–Crippen MR) is 54.0 cm³/mol. The molecule has 80 valence electrons. The van der Waals surface area contributed by atoms with Crippen LogP contribution in [0.4, 0.5) is 4.79 Å². The number of carbonyl (C=O) groups is 2. The molecule has 0 aliphatic carbocycles. The van der Waals surface area contributed by atoms with Crippen LogP contribution in [0, 0.1) is 0 Å². The second-order valence-electron chi connectivity index (χ2n) is 3.55. The summed E-state index contributed by atoms with van der Waals surface area (Å²) in [7, 11) is 3.13. The number of amides is 3. The Morgan fingerprint density at radius 3 is 2.67 bits per heavy atom. The number of hydrogen-bond acceptors (Lipinski definition) is 3. The lowest BCUT2D eigenvalue weighted by molar-refractivity contribution is -0.396. The van der Waals surface area contributed by atoms with Gasteiger partial charge in [-0.1, -0.05) is 0 Å². The Balaban J connectivity index is 2.47. The third kappa shape index (κ3) is 1.17. The Kier molecular flexibility index (Phi) is 2.06. The Morgan fingerprint density at radius 1 is 1.40 bits per heavy atom. The van der Waals surface area contributed by atoms with Gasteiger partial charge in [0.25, 0.3) is 17.8 Å². The monoisotopic (exact) mass is 209 g/mol. The van der Waals surface area contributed by atoms with Gasteiger partial charge in [0.1, 0.15) is 0 Å². The van der Waals surface area contributed by atoms with Gasteiger partial charge >= 0.3 is 6.03 Å². The predicted octanol–water partition coefficient (Wildman–Crippen LogP) is -0.648. The van der Waals surface area contributed by atoms with Crippen molar-refractivity contribution in [2.24, 2.45) is 4.99 Å². The summed E-state index contributed by atoms with van der Waals surface area (Å²) in [5.74, 6) is 0.394. The van der Waals surface area contributed by atoms with E-state index in [2.05, 4.69) is 4.99 Å². The zero-order valence-electron chi connectivity index (χ0n) is 8.97. The number of carbonyl (C=O) groups excluding carboxylic acids is 2. The Hall–Kier alpha value is -1.72. The number of urea groups is 1. The number of hydrogen-bond donors (Lipinski definition) is 0. The second-order valence-corrected chi connectivity index (χ2v) is 3.55. The Morgan fingerprint density at radius 2 is 2.07 bits per heavy atom. The van der Waals surface area contributed by atoms with Crippen molar-refractivity contribution >= 4 is 24.1 Å². The summed E-state index contributed by atoms with van der Waals surface area (Å²) in [6.07, 6.45) is 1.61. The molecule has 0 aromatic rings.